The van der Waals surface area contributed by atoms with Crippen LogP contribution in [-0.4, -0.2) is 19.0 Å². The zero-order valence-electron chi connectivity index (χ0n) is 14.1. The summed E-state index contributed by atoms with van der Waals surface area (Å²) in [5, 5.41) is 7.44. The van der Waals surface area contributed by atoms with Gasteiger partial charge >= 0.3 is 0 Å². The first-order chi connectivity index (χ1) is 11.0. The van der Waals surface area contributed by atoms with Gasteiger partial charge in [-0.15, -0.1) is 0 Å². The number of rotatable bonds is 5. The van der Waals surface area contributed by atoms with Crippen molar-refractivity contribution >= 4 is 17.5 Å². The summed E-state index contributed by atoms with van der Waals surface area (Å²) in [5.74, 6) is 0.988. The van der Waals surface area contributed by atoms with Gasteiger partial charge in [0.15, 0.2) is 0 Å². The molecule has 2 fully saturated rings. The summed E-state index contributed by atoms with van der Waals surface area (Å²) in [5.41, 5.74) is 1.44. The standard InChI is InChI=1S/C19H27ClN2O/c1-13(2)11-17(14-3-5-15(20)6-4-14)22-18(23)16-12-19(16)7-9-21-10-8-19/h3-6,13,16-17,21H,7-12H2,1-2H3,(H,22,23). The van der Waals surface area contributed by atoms with Crippen LogP contribution in [0.25, 0.3) is 0 Å². The SMILES string of the molecule is CC(C)CC(NC(=O)C1CC12CCNCC2)c1ccc(Cl)cc1. The van der Waals surface area contributed by atoms with Crippen LogP contribution in [-0.2, 0) is 4.79 Å². The molecule has 1 aliphatic heterocycles. The highest BCUT2D eigenvalue weighted by Crippen LogP contribution is 2.58. The van der Waals surface area contributed by atoms with E-state index in [0.29, 0.717) is 5.92 Å². The Labute approximate surface area is 144 Å². The predicted molar refractivity (Wildman–Crippen MR) is 94.4 cm³/mol. The first-order valence-corrected chi connectivity index (χ1v) is 9.14. The predicted octanol–water partition coefficient (Wildman–Crippen LogP) is 3.93. The molecule has 1 spiro atoms. The molecular weight excluding hydrogens is 308 g/mol. The van der Waals surface area contributed by atoms with Crippen LogP contribution in [0.2, 0.25) is 5.02 Å². The van der Waals surface area contributed by atoms with Crippen LogP contribution in [0.5, 0.6) is 0 Å². The summed E-state index contributed by atoms with van der Waals surface area (Å²) in [6.45, 7) is 6.49. The minimum absolute atomic E-state index is 0.0825. The van der Waals surface area contributed by atoms with Gasteiger partial charge in [-0.1, -0.05) is 37.6 Å². The molecule has 0 bridgehead atoms. The zero-order chi connectivity index (χ0) is 16.4. The molecule has 1 aromatic rings. The Hall–Kier alpha value is -1.06. The molecular formula is C19H27ClN2O. The summed E-state index contributed by atoms with van der Waals surface area (Å²) < 4.78 is 0. The second kappa shape index (κ2) is 6.82. The average Bonchev–Trinajstić information content (AvgIpc) is 3.21. The quantitative estimate of drug-likeness (QED) is 0.856. The molecule has 2 N–H and O–H groups in total. The molecule has 1 aliphatic carbocycles. The molecule has 2 unspecified atom stereocenters. The van der Waals surface area contributed by atoms with Gasteiger partial charge in [0.1, 0.15) is 0 Å². The summed E-state index contributed by atoms with van der Waals surface area (Å²) in [7, 11) is 0. The first kappa shape index (κ1) is 16.8. The molecule has 3 rings (SSSR count). The van der Waals surface area contributed by atoms with Gasteiger partial charge in [-0.3, -0.25) is 4.79 Å². The number of halogens is 1. The number of hydrogen-bond donors (Lipinski definition) is 2. The van der Waals surface area contributed by atoms with E-state index in [0.717, 1.165) is 49.4 Å². The zero-order valence-corrected chi connectivity index (χ0v) is 14.8. The van der Waals surface area contributed by atoms with Crippen molar-refractivity contribution in [3.05, 3.63) is 34.9 Å². The van der Waals surface area contributed by atoms with Gasteiger partial charge in [-0.2, -0.15) is 0 Å². The van der Waals surface area contributed by atoms with Crippen LogP contribution in [0.1, 0.15) is 51.1 Å². The Morgan fingerprint density at radius 1 is 1.30 bits per heavy atom. The van der Waals surface area contributed by atoms with Gasteiger partial charge in [-0.25, -0.2) is 0 Å². The van der Waals surface area contributed by atoms with Crippen molar-refractivity contribution in [2.24, 2.45) is 17.3 Å². The van der Waals surface area contributed by atoms with E-state index < -0.39 is 0 Å². The van der Waals surface area contributed by atoms with Crippen molar-refractivity contribution in [2.45, 2.75) is 45.6 Å². The third-order valence-corrected chi connectivity index (χ3v) is 5.65. The van der Waals surface area contributed by atoms with Gasteiger partial charge in [0.05, 0.1) is 6.04 Å². The molecule has 1 amide bonds. The lowest BCUT2D eigenvalue weighted by Crippen LogP contribution is -2.35. The summed E-state index contributed by atoms with van der Waals surface area (Å²) >= 11 is 5.99. The van der Waals surface area contributed by atoms with Gasteiger partial charge < -0.3 is 10.6 Å². The molecule has 2 aliphatic rings. The maximum absolute atomic E-state index is 12.8. The molecule has 1 aromatic carbocycles. The molecule has 126 valence electrons. The normalized spacial score (nSPS) is 23.7. The van der Waals surface area contributed by atoms with Gasteiger partial charge in [-0.05, 0) is 67.8 Å². The largest absolute Gasteiger partial charge is 0.349 e. The molecule has 2 atom stereocenters. The second-order valence-electron chi connectivity index (χ2n) is 7.61. The van der Waals surface area contributed by atoms with E-state index in [1.807, 2.05) is 24.3 Å². The lowest BCUT2D eigenvalue weighted by Gasteiger charge is -2.25. The molecule has 1 saturated heterocycles. The van der Waals surface area contributed by atoms with Gasteiger partial charge in [0.25, 0.3) is 0 Å². The fourth-order valence-corrected chi connectivity index (χ4v) is 4.04. The first-order valence-electron chi connectivity index (χ1n) is 8.77. The summed E-state index contributed by atoms with van der Waals surface area (Å²) in [6, 6.07) is 7.95. The van der Waals surface area contributed by atoms with Crippen molar-refractivity contribution in [1.82, 2.24) is 10.6 Å². The Bertz CT molecular complexity index is 549. The van der Waals surface area contributed by atoms with E-state index in [9.17, 15) is 4.79 Å². The smallest absolute Gasteiger partial charge is 0.224 e. The number of carbonyl (C=O) groups is 1. The molecule has 23 heavy (non-hydrogen) atoms. The maximum Gasteiger partial charge on any atom is 0.224 e. The van der Waals surface area contributed by atoms with Crippen molar-refractivity contribution in [2.75, 3.05) is 13.1 Å². The van der Waals surface area contributed by atoms with Gasteiger partial charge in [0.2, 0.25) is 5.91 Å². The van der Waals surface area contributed by atoms with E-state index >= 15 is 0 Å². The van der Waals surface area contributed by atoms with Crippen LogP contribution >= 0.6 is 11.6 Å². The second-order valence-corrected chi connectivity index (χ2v) is 8.05. The number of amides is 1. The Morgan fingerprint density at radius 3 is 2.57 bits per heavy atom. The number of hydrogen-bond acceptors (Lipinski definition) is 2. The van der Waals surface area contributed by atoms with Crippen molar-refractivity contribution in [3.8, 4) is 0 Å². The topological polar surface area (TPSA) is 41.1 Å². The highest BCUT2D eigenvalue weighted by atomic mass is 35.5. The van der Waals surface area contributed by atoms with Crippen molar-refractivity contribution in [3.63, 3.8) is 0 Å². The van der Waals surface area contributed by atoms with E-state index in [4.69, 9.17) is 11.6 Å². The summed E-state index contributed by atoms with van der Waals surface area (Å²) in [4.78, 5) is 12.8. The fourth-order valence-electron chi connectivity index (χ4n) is 3.91. The third kappa shape index (κ3) is 3.89. The lowest BCUT2D eigenvalue weighted by molar-refractivity contribution is -0.124. The maximum atomic E-state index is 12.8. The summed E-state index contributed by atoms with van der Waals surface area (Å²) in [6.07, 6.45) is 4.30. The number of piperidine rings is 1. The van der Waals surface area contributed by atoms with Crippen LogP contribution in [0, 0.1) is 17.3 Å². The third-order valence-electron chi connectivity index (χ3n) is 5.40. The van der Waals surface area contributed by atoms with Crippen LogP contribution in [0.3, 0.4) is 0 Å². The molecule has 1 saturated carbocycles. The molecule has 4 heteroatoms. The number of nitrogens with one attached hydrogen (secondary N) is 2. The molecule has 0 radical (unpaired) electrons. The molecule has 1 heterocycles. The number of benzene rings is 1. The number of carbonyl (C=O) groups excluding carboxylic acids is 1. The van der Waals surface area contributed by atoms with Gasteiger partial charge in [0, 0.05) is 10.9 Å². The minimum atomic E-state index is 0.0825. The molecule has 0 aromatic heterocycles. The molecule has 3 nitrogen and oxygen atoms in total. The minimum Gasteiger partial charge on any atom is -0.349 e. The van der Waals surface area contributed by atoms with Crippen molar-refractivity contribution in [1.29, 1.82) is 0 Å². The van der Waals surface area contributed by atoms with E-state index in [1.165, 1.54) is 0 Å². The van der Waals surface area contributed by atoms with Crippen molar-refractivity contribution < 1.29 is 4.79 Å². The van der Waals surface area contributed by atoms with E-state index in [2.05, 4.69) is 24.5 Å². The van der Waals surface area contributed by atoms with E-state index in [1.54, 1.807) is 0 Å². The lowest BCUT2D eigenvalue weighted by atomic mass is 9.91. The fraction of sp³-hybridized carbons (Fsp3) is 0.632. The van der Waals surface area contributed by atoms with E-state index in [-0.39, 0.29) is 23.3 Å². The Balaban J connectivity index is 1.66. The van der Waals surface area contributed by atoms with Crippen LogP contribution in [0.4, 0.5) is 0 Å². The monoisotopic (exact) mass is 334 g/mol. The Morgan fingerprint density at radius 2 is 1.96 bits per heavy atom. The van der Waals surface area contributed by atoms with Crippen LogP contribution < -0.4 is 10.6 Å². The average molecular weight is 335 g/mol. The highest BCUT2D eigenvalue weighted by molar-refractivity contribution is 6.30. The highest BCUT2D eigenvalue weighted by Gasteiger charge is 2.57. The van der Waals surface area contributed by atoms with Crippen LogP contribution in [0.15, 0.2) is 24.3 Å². The Kier molecular flexibility index (Phi) is 4.98.